The molecule has 0 fully saturated rings. The normalized spacial score (nSPS) is 14.8. The van der Waals surface area contributed by atoms with Crippen molar-refractivity contribution in [1.82, 2.24) is 5.32 Å². The van der Waals surface area contributed by atoms with Crippen molar-refractivity contribution in [2.75, 3.05) is 6.54 Å². The zero-order valence-electron chi connectivity index (χ0n) is 10.1. The smallest absolute Gasteiger partial charge is 0.0303 e. The quantitative estimate of drug-likeness (QED) is 0.797. The molecule has 1 N–H and O–H groups in total. The lowest BCUT2D eigenvalue weighted by atomic mass is 10.1. The van der Waals surface area contributed by atoms with Gasteiger partial charge in [0, 0.05) is 15.0 Å². The topological polar surface area (TPSA) is 12.0 Å². The van der Waals surface area contributed by atoms with Crippen LogP contribution in [-0.2, 0) is 0 Å². The van der Waals surface area contributed by atoms with Crippen molar-refractivity contribution in [3.05, 3.63) is 32.7 Å². The predicted molar refractivity (Wildman–Crippen MR) is 77.7 cm³/mol. The van der Waals surface area contributed by atoms with Crippen LogP contribution in [-0.4, -0.2) is 6.54 Å². The summed E-state index contributed by atoms with van der Waals surface area (Å²) in [4.78, 5) is 0. The highest BCUT2D eigenvalue weighted by Gasteiger charge is 2.10. The lowest BCUT2D eigenvalue weighted by Gasteiger charge is -2.18. The lowest BCUT2D eigenvalue weighted by Crippen LogP contribution is -2.24. The van der Waals surface area contributed by atoms with E-state index in [0.29, 0.717) is 6.04 Å². The minimum Gasteiger partial charge on any atom is -0.310 e. The molecule has 2 unspecified atom stereocenters. The van der Waals surface area contributed by atoms with Gasteiger partial charge < -0.3 is 5.32 Å². The summed E-state index contributed by atoms with van der Waals surface area (Å²) < 4.78 is 2.27. The summed E-state index contributed by atoms with van der Waals surface area (Å²) in [6.45, 7) is 7.78. The molecule has 1 nitrogen and oxygen atoms in total. The molecule has 0 amide bonds. The van der Waals surface area contributed by atoms with Gasteiger partial charge in [-0.3, -0.25) is 0 Å². The van der Waals surface area contributed by atoms with Crippen molar-refractivity contribution in [2.45, 2.75) is 33.2 Å². The van der Waals surface area contributed by atoms with Crippen LogP contribution in [0.2, 0.25) is 0 Å². The first kappa shape index (κ1) is 14.2. The SMILES string of the molecule is CCC(C)CNC(C)c1ccc(Br)cc1Br. The van der Waals surface area contributed by atoms with E-state index in [0.717, 1.165) is 21.4 Å². The summed E-state index contributed by atoms with van der Waals surface area (Å²) in [5.74, 6) is 0.733. The van der Waals surface area contributed by atoms with Gasteiger partial charge in [-0.05, 0) is 37.1 Å². The van der Waals surface area contributed by atoms with E-state index in [1.807, 2.05) is 0 Å². The molecule has 0 saturated carbocycles. The van der Waals surface area contributed by atoms with E-state index in [-0.39, 0.29) is 0 Å². The van der Waals surface area contributed by atoms with Crippen molar-refractivity contribution in [3.63, 3.8) is 0 Å². The minimum absolute atomic E-state index is 0.386. The number of hydrogen-bond donors (Lipinski definition) is 1. The van der Waals surface area contributed by atoms with Crippen LogP contribution in [0, 0.1) is 5.92 Å². The first-order valence-electron chi connectivity index (χ1n) is 5.73. The molecule has 0 saturated heterocycles. The largest absolute Gasteiger partial charge is 0.310 e. The molecule has 90 valence electrons. The Bertz CT molecular complexity index is 339. The van der Waals surface area contributed by atoms with Crippen molar-refractivity contribution in [3.8, 4) is 0 Å². The zero-order chi connectivity index (χ0) is 12.1. The summed E-state index contributed by atoms with van der Waals surface area (Å²) in [5.41, 5.74) is 1.31. The second-order valence-electron chi connectivity index (χ2n) is 4.31. The maximum absolute atomic E-state index is 3.60. The first-order valence-corrected chi connectivity index (χ1v) is 7.31. The monoisotopic (exact) mass is 347 g/mol. The summed E-state index contributed by atoms with van der Waals surface area (Å²) in [7, 11) is 0. The molecule has 3 heteroatoms. The van der Waals surface area contributed by atoms with Gasteiger partial charge in [-0.1, -0.05) is 58.2 Å². The Morgan fingerprint density at radius 1 is 1.25 bits per heavy atom. The Labute approximate surface area is 115 Å². The molecular formula is C13H19Br2N. The fourth-order valence-electron chi connectivity index (χ4n) is 1.48. The Balaban J connectivity index is 2.62. The molecule has 1 aromatic carbocycles. The van der Waals surface area contributed by atoms with E-state index in [9.17, 15) is 0 Å². The maximum atomic E-state index is 3.60. The number of hydrogen-bond acceptors (Lipinski definition) is 1. The molecule has 2 atom stereocenters. The van der Waals surface area contributed by atoms with Gasteiger partial charge in [-0.15, -0.1) is 0 Å². The molecule has 0 radical (unpaired) electrons. The Hall–Kier alpha value is 0.140. The second-order valence-corrected chi connectivity index (χ2v) is 6.08. The van der Waals surface area contributed by atoms with Gasteiger partial charge in [0.25, 0.3) is 0 Å². The molecule has 0 aliphatic heterocycles. The molecule has 0 aromatic heterocycles. The van der Waals surface area contributed by atoms with Crippen molar-refractivity contribution in [2.24, 2.45) is 5.92 Å². The van der Waals surface area contributed by atoms with E-state index in [4.69, 9.17) is 0 Å². The highest BCUT2D eigenvalue weighted by Crippen LogP contribution is 2.26. The third-order valence-corrected chi connectivity index (χ3v) is 4.08. The van der Waals surface area contributed by atoms with E-state index in [1.54, 1.807) is 0 Å². The van der Waals surface area contributed by atoms with Crippen LogP contribution in [0.3, 0.4) is 0 Å². The van der Waals surface area contributed by atoms with Crippen molar-refractivity contribution in [1.29, 1.82) is 0 Å². The molecule has 1 rings (SSSR count). The number of rotatable bonds is 5. The van der Waals surface area contributed by atoms with E-state index < -0.39 is 0 Å². The van der Waals surface area contributed by atoms with Crippen LogP contribution in [0.15, 0.2) is 27.1 Å². The fraction of sp³-hybridized carbons (Fsp3) is 0.538. The van der Waals surface area contributed by atoms with Gasteiger partial charge in [0.05, 0.1) is 0 Å². The average Bonchev–Trinajstić information content (AvgIpc) is 2.25. The van der Waals surface area contributed by atoms with E-state index in [2.05, 4.69) is 76.1 Å². The second kappa shape index (κ2) is 6.77. The van der Waals surface area contributed by atoms with Crippen LogP contribution < -0.4 is 5.32 Å². The standard InChI is InChI=1S/C13H19Br2N/c1-4-9(2)8-16-10(3)12-6-5-11(14)7-13(12)15/h5-7,9-10,16H,4,8H2,1-3H3. The van der Waals surface area contributed by atoms with Crippen LogP contribution >= 0.6 is 31.9 Å². The molecule has 16 heavy (non-hydrogen) atoms. The van der Waals surface area contributed by atoms with Gasteiger partial charge in [0.2, 0.25) is 0 Å². The van der Waals surface area contributed by atoms with Crippen LogP contribution in [0.1, 0.15) is 38.8 Å². The molecule has 0 bridgehead atoms. The average molecular weight is 349 g/mol. The Morgan fingerprint density at radius 3 is 2.50 bits per heavy atom. The number of nitrogens with one attached hydrogen (secondary N) is 1. The lowest BCUT2D eigenvalue weighted by molar-refractivity contribution is 0.460. The van der Waals surface area contributed by atoms with Gasteiger partial charge in [-0.25, -0.2) is 0 Å². The molecule has 0 spiro atoms. The molecule has 0 heterocycles. The number of halogens is 2. The molecule has 0 aliphatic rings. The fourth-order valence-corrected chi connectivity index (χ4v) is 2.88. The molecule has 0 aliphatic carbocycles. The van der Waals surface area contributed by atoms with Crippen LogP contribution in [0.5, 0.6) is 0 Å². The minimum atomic E-state index is 0.386. The van der Waals surface area contributed by atoms with Gasteiger partial charge in [0.15, 0.2) is 0 Å². The summed E-state index contributed by atoms with van der Waals surface area (Å²) >= 11 is 7.07. The Kier molecular flexibility index (Phi) is 6.01. The first-order chi connectivity index (χ1) is 7.54. The predicted octanol–water partition coefficient (Wildman–Crippen LogP) is 4.91. The summed E-state index contributed by atoms with van der Waals surface area (Å²) in [6, 6.07) is 6.72. The van der Waals surface area contributed by atoms with Crippen LogP contribution in [0.25, 0.3) is 0 Å². The zero-order valence-corrected chi connectivity index (χ0v) is 13.2. The third-order valence-electron chi connectivity index (χ3n) is 2.90. The van der Waals surface area contributed by atoms with Gasteiger partial charge in [0.1, 0.15) is 0 Å². The summed E-state index contributed by atoms with van der Waals surface area (Å²) in [5, 5.41) is 3.56. The third kappa shape index (κ3) is 4.19. The van der Waals surface area contributed by atoms with Crippen molar-refractivity contribution < 1.29 is 0 Å². The number of benzene rings is 1. The van der Waals surface area contributed by atoms with E-state index in [1.165, 1.54) is 12.0 Å². The summed E-state index contributed by atoms with van der Waals surface area (Å²) in [6.07, 6.45) is 1.22. The van der Waals surface area contributed by atoms with Crippen LogP contribution in [0.4, 0.5) is 0 Å². The molecule has 1 aromatic rings. The highest BCUT2D eigenvalue weighted by molar-refractivity contribution is 9.11. The molecular weight excluding hydrogens is 330 g/mol. The van der Waals surface area contributed by atoms with E-state index >= 15 is 0 Å². The highest BCUT2D eigenvalue weighted by atomic mass is 79.9. The van der Waals surface area contributed by atoms with Gasteiger partial charge in [-0.2, -0.15) is 0 Å². The maximum Gasteiger partial charge on any atom is 0.0303 e. The van der Waals surface area contributed by atoms with Crippen molar-refractivity contribution >= 4 is 31.9 Å². The Morgan fingerprint density at radius 2 is 1.94 bits per heavy atom. The van der Waals surface area contributed by atoms with Gasteiger partial charge >= 0.3 is 0 Å².